The van der Waals surface area contributed by atoms with Crippen LogP contribution in [-0.2, 0) is 18.9 Å². The van der Waals surface area contributed by atoms with Crippen molar-refractivity contribution in [3.63, 3.8) is 0 Å². The number of hydrogen-bond acceptors (Lipinski definition) is 3. The van der Waals surface area contributed by atoms with Crippen molar-refractivity contribution in [1.82, 2.24) is 19.7 Å². The Morgan fingerprint density at radius 3 is 2.19 bits per heavy atom. The molecule has 1 aromatic heterocycles. The first-order chi connectivity index (χ1) is 15.0. The first-order valence-corrected chi connectivity index (χ1v) is 9.22. The smallest absolute Gasteiger partial charge is 0.322 e. The van der Waals surface area contributed by atoms with Gasteiger partial charge in [-0.3, -0.25) is 4.79 Å². The van der Waals surface area contributed by atoms with Gasteiger partial charge in [-0.2, -0.15) is 26.3 Å². The summed E-state index contributed by atoms with van der Waals surface area (Å²) < 4.78 is 94.6. The molecule has 0 saturated heterocycles. The second kappa shape index (κ2) is 7.61. The van der Waals surface area contributed by atoms with E-state index in [4.69, 9.17) is 0 Å². The standard InChI is InChI=1S/C20H13F7N4O/c21-14-12(7-4-8-13(14)19(22,23)24)17(32)30-9-10-31-16(28-29-18(31)20(25,26)27)15(30)11-5-2-1-3-6-11/h1-8,15H,9-10H2/t15-/m0/s1. The Bertz CT molecular complexity index is 1150. The minimum Gasteiger partial charge on any atom is -0.322 e. The zero-order valence-corrected chi connectivity index (χ0v) is 16.0. The van der Waals surface area contributed by atoms with E-state index in [2.05, 4.69) is 10.2 Å². The highest BCUT2D eigenvalue weighted by Crippen LogP contribution is 2.38. The SMILES string of the molecule is O=C(c1cccc(C(F)(F)F)c1F)N1CCn2c(nnc2C(F)(F)F)[C@@H]1c1ccccc1. The number of hydrogen-bond donors (Lipinski definition) is 0. The van der Waals surface area contributed by atoms with Gasteiger partial charge in [-0.05, 0) is 17.7 Å². The second-order valence-electron chi connectivity index (χ2n) is 7.01. The van der Waals surface area contributed by atoms with Crippen LogP contribution >= 0.6 is 0 Å². The number of benzene rings is 2. The molecule has 0 spiro atoms. The second-order valence-corrected chi connectivity index (χ2v) is 7.01. The Morgan fingerprint density at radius 2 is 1.56 bits per heavy atom. The maximum atomic E-state index is 14.6. The van der Waals surface area contributed by atoms with Crippen molar-refractivity contribution in [2.24, 2.45) is 0 Å². The van der Waals surface area contributed by atoms with Crippen molar-refractivity contribution in [1.29, 1.82) is 0 Å². The van der Waals surface area contributed by atoms with Gasteiger partial charge in [-0.25, -0.2) is 4.39 Å². The van der Waals surface area contributed by atoms with E-state index < -0.39 is 47.1 Å². The van der Waals surface area contributed by atoms with E-state index in [9.17, 15) is 35.5 Å². The van der Waals surface area contributed by atoms with Gasteiger partial charge in [0.2, 0.25) is 5.82 Å². The van der Waals surface area contributed by atoms with E-state index in [1.54, 1.807) is 18.2 Å². The third kappa shape index (κ3) is 3.69. The lowest BCUT2D eigenvalue weighted by Gasteiger charge is -2.36. The summed E-state index contributed by atoms with van der Waals surface area (Å²) in [6.45, 7) is -0.699. The van der Waals surface area contributed by atoms with E-state index in [0.717, 1.165) is 21.6 Å². The van der Waals surface area contributed by atoms with Crippen LogP contribution in [0.25, 0.3) is 0 Å². The maximum Gasteiger partial charge on any atom is 0.451 e. The summed E-state index contributed by atoms with van der Waals surface area (Å²) in [6, 6.07) is 8.90. The summed E-state index contributed by atoms with van der Waals surface area (Å²) in [4.78, 5) is 14.1. The number of rotatable bonds is 2. The quantitative estimate of drug-likeness (QED) is 0.524. The third-order valence-corrected chi connectivity index (χ3v) is 5.06. The number of aromatic nitrogens is 3. The van der Waals surface area contributed by atoms with Crippen molar-refractivity contribution in [3.05, 3.63) is 82.7 Å². The van der Waals surface area contributed by atoms with Gasteiger partial charge in [0.25, 0.3) is 5.91 Å². The molecule has 0 unspecified atom stereocenters. The largest absolute Gasteiger partial charge is 0.451 e. The molecule has 1 atom stereocenters. The van der Waals surface area contributed by atoms with Gasteiger partial charge in [-0.15, -0.1) is 10.2 Å². The molecule has 0 fully saturated rings. The lowest BCUT2D eigenvalue weighted by atomic mass is 10.00. The Kier molecular flexibility index (Phi) is 5.18. The number of fused-ring (bicyclic) bond motifs is 1. The minimum atomic E-state index is -5.02. The monoisotopic (exact) mass is 458 g/mol. The number of amides is 1. The van der Waals surface area contributed by atoms with Crippen LogP contribution in [0, 0.1) is 5.82 Å². The lowest BCUT2D eigenvalue weighted by molar-refractivity contribution is -0.148. The Morgan fingerprint density at radius 1 is 0.875 bits per heavy atom. The molecule has 0 aliphatic carbocycles. The topological polar surface area (TPSA) is 51.0 Å². The molecule has 12 heteroatoms. The summed E-state index contributed by atoms with van der Waals surface area (Å²) >= 11 is 0. The van der Waals surface area contributed by atoms with Gasteiger partial charge in [0, 0.05) is 13.1 Å². The van der Waals surface area contributed by atoms with Crippen molar-refractivity contribution in [3.8, 4) is 0 Å². The normalized spacial score (nSPS) is 16.7. The van der Waals surface area contributed by atoms with Crippen LogP contribution in [0.5, 0.6) is 0 Å². The molecular formula is C20H13F7N4O. The first-order valence-electron chi connectivity index (χ1n) is 9.22. The highest BCUT2D eigenvalue weighted by molar-refractivity contribution is 5.95. The predicted octanol–water partition coefficient (Wildman–Crippen LogP) is 4.70. The zero-order valence-electron chi connectivity index (χ0n) is 16.0. The van der Waals surface area contributed by atoms with Gasteiger partial charge in [0.1, 0.15) is 11.9 Å². The van der Waals surface area contributed by atoms with Gasteiger partial charge in [0.05, 0.1) is 11.1 Å². The van der Waals surface area contributed by atoms with Crippen molar-refractivity contribution < 1.29 is 35.5 Å². The lowest BCUT2D eigenvalue weighted by Crippen LogP contribution is -2.44. The van der Waals surface area contributed by atoms with Crippen molar-refractivity contribution >= 4 is 5.91 Å². The number of nitrogens with zero attached hydrogens (tertiary/aromatic N) is 4. The molecule has 2 heterocycles. The van der Waals surface area contributed by atoms with Crippen LogP contribution in [0.2, 0.25) is 0 Å². The zero-order chi connectivity index (χ0) is 23.3. The molecule has 168 valence electrons. The summed E-state index contributed by atoms with van der Waals surface area (Å²) in [6.07, 6.45) is -9.82. The van der Waals surface area contributed by atoms with E-state index in [1.165, 1.54) is 12.1 Å². The number of halogens is 7. The van der Waals surface area contributed by atoms with E-state index in [0.29, 0.717) is 11.6 Å². The molecule has 2 aromatic carbocycles. The van der Waals surface area contributed by atoms with Crippen LogP contribution in [-0.4, -0.2) is 32.1 Å². The summed E-state index contributed by atoms with van der Waals surface area (Å²) in [5.74, 6) is -4.34. The first kappa shape index (κ1) is 21.8. The Labute approximate surface area is 176 Å². The molecule has 0 saturated carbocycles. The molecule has 0 radical (unpaired) electrons. The molecule has 5 nitrogen and oxygen atoms in total. The van der Waals surface area contributed by atoms with E-state index >= 15 is 0 Å². The van der Waals surface area contributed by atoms with Crippen LogP contribution < -0.4 is 0 Å². The van der Waals surface area contributed by atoms with Crippen molar-refractivity contribution in [2.75, 3.05) is 6.54 Å². The number of carbonyl (C=O) groups is 1. The van der Waals surface area contributed by atoms with Gasteiger partial charge < -0.3 is 9.47 Å². The minimum absolute atomic E-state index is 0.226. The molecule has 3 aromatic rings. The maximum absolute atomic E-state index is 14.6. The van der Waals surface area contributed by atoms with Crippen LogP contribution in [0.1, 0.15) is 39.2 Å². The molecule has 32 heavy (non-hydrogen) atoms. The highest BCUT2D eigenvalue weighted by Gasteiger charge is 2.44. The summed E-state index contributed by atoms with van der Waals surface area (Å²) in [7, 11) is 0. The number of alkyl halides is 6. The third-order valence-electron chi connectivity index (χ3n) is 5.06. The average Bonchev–Trinajstić information content (AvgIpc) is 3.17. The molecule has 0 bridgehead atoms. The van der Waals surface area contributed by atoms with Crippen LogP contribution in [0.3, 0.4) is 0 Å². The molecular weight excluding hydrogens is 445 g/mol. The van der Waals surface area contributed by atoms with E-state index in [-0.39, 0.29) is 18.9 Å². The van der Waals surface area contributed by atoms with E-state index in [1.807, 2.05) is 0 Å². The Hall–Kier alpha value is -3.44. The highest BCUT2D eigenvalue weighted by atomic mass is 19.4. The molecule has 1 amide bonds. The van der Waals surface area contributed by atoms with Gasteiger partial charge >= 0.3 is 12.4 Å². The Balaban J connectivity index is 1.83. The van der Waals surface area contributed by atoms with Crippen molar-refractivity contribution in [2.45, 2.75) is 24.9 Å². The summed E-state index contributed by atoms with van der Waals surface area (Å²) in [5.41, 5.74) is -2.11. The average molecular weight is 458 g/mol. The van der Waals surface area contributed by atoms with Gasteiger partial charge in [-0.1, -0.05) is 36.4 Å². The fraction of sp³-hybridized carbons (Fsp3) is 0.250. The van der Waals surface area contributed by atoms with Crippen LogP contribution in [0.15, 0.2) is 48.5 Å². The summed E-state index contributed by atoms with van der Waals surface area (Å²) in [5, 5.41) is 6.81. The van der Waals surface area contributed by atoms with Crippen LogP contribution in [0.4, 0.5) is 30.7 Å². The van der Waals surface area contributed by atoms with Gasteiger partial charge in [0.15, 0.2) is 5.82 Å². The molecule has 1 aliphatic rings. The fourth-order valence-electron chi connectivity index (χ4n) is 3.68. The fourth-order valence-corrected chi connectivity index (χ4v) is 3.68. The number of carbonyl (C=O) groups excluding carboxylic acids is 1. The molecule has 4 rings (SSSR count). The molecule has 0 N–H and O–H groups in total. The molecule has 1 aliphatic heterocycles. The predicted molar refractivity (Wildman–Crippen MR) is 95.7 cm³/mol.